The Morgan fingerprint density at radius 3 is 2.10 bits per heavy atom. The van der Waals surface area contributed by atoms with Crippen LogP contribution in [-0.2, 0) is 16.1 Å². The van der Waals surface area contributed by atoms with Gasteiger partial charge in [-0.2, -0.15) is 0 Å². The van der Waals surface area contributed by atoms with Gasteiger partial charge in [-0.15, -0.1) is 0 Å². The quantitative estimate of drug-likeness (QED) is 0.704. The number of benzene rings is 2. The molecule has 0 aliphatic carbocycles. The second-order valence-electron chi connectivity index (χ2n) is 7.31. The molecule has 0 fully saturated rings. The van der Waals surface area contributed by atoms with Gasteiger partial charge in [0, 0.05) is 12.6 Å². The molecule has 6 heteroatoms. The SMILES string of the molecule is COc1ccc(OCC(=O)N(Cc2ccc(C)cc2)[C@H](C)C(=O)NC(C)C)cc1. The standard InChI is InChI=1S/C23H30N2O4/c1-16(2)24-23(27)18(4)25(14-19-8-6-17(3)7-9-19)22(26)15-29-21-12-10-20(28-5)11-13-21/h6-13,16,18H,14-15H2,1-5H3,(H,24,27)/t18-/m1/s1. The summed E-state index contributed by atoms with van der Waals surface area (Å²) < 4.78 is 10.8. The molecule has 0 spiro atoms. The van der Waals surface area contributed by atoms with Gasteiger partial charge in [0.15, 0.2) is 6.61 Å². The van der Waals surface area contributed by atoms with E-state index in [1.165, 1.54) is 0 Å². The highest BCUT2D eigenvalue weighted by atomic mass is 16.5. The summed E-state index contributed by atoms with van der Waals surface area (Å²) in [6, 6.07) is 14.3. The van der Waals surface area contributed by atoms with E-state index in [0.717, 1.165) is 11.1 Å². The number of rotatable bonds is 9. The maximum absolute atomic E-state index is 12.9. The molecular weight excluding hydrogens is 368 g/mol. The van der Waals surface area contributed by atoms with Crippen LogP contribution in [0.5, 0.6) is 11.5 Å². The Kier molecular flexibility index (Phi) is 8.07. The van der Waals surface area contributed by atoms with E-state index in [2.05, 4.69) is 5.32 Å². The number of hydrogen-bond donors (Lipinski definition) is 1. The van der Waals surface area contributed by atoms with Crippen LogP contribution in [-0.4, -0.2) is 42.5 Å². The summed E-state index contributed by atoms with van der Waals surface area (Å²) in [6.45, 7) is 7.70. The first-order valence-corrected chi connectivity index (χ1v) is 9.72. The van der Waals surface area contributed by atoms with Crippen molar-refractivity contribution in [2.24, 2.45) is 0 Å². The molecule has 0 aliphatic heterocycles. The number of amides is 2. The van der Waals surface area contributed by atoms with Crippen molar-refractivity contribution in [2.45, 2.75) is 46.3 Å². The molecule has 1 atom stereocenters. The fraction of sp³-hybridized carbons (Fsp3) is 0.391. The van der Waals surface area contributed by atoms with Crippen LogP contribution in [0.25, 0.3) is 0 Å². The van der Waals surface area contributed by atoms with Gasteiger partial charge < -0.3 is 19.7 Å². The van der Waals surface area contributed by atoms with Gasteiger partial charge in [-0.05, 0) is 57.5 Å². The van der Waals surface area contributed by atoms with E-state index in [-0.39, 0.29) is 24.5 Å². The minimum absolute atomic E-state index is 0.00294. The molecule has 2 rings (SSSR count). The van der Waals surface area contributed by atoms with Gasteiger partial charge in [0.2, 0.25) is 5.91 Å². The summed E-state index contributed by atoms with van der Waals surface area (Å²) in [4.78, 5) is 27.0. The van der Waals surface area contributed by atoms with Gasteiger partial charge in [0.1, 0.15) is 17.5 Å². The number of aryl methyl sites for hydroxylation is 1. The van der Waals surface area contributed by atoms with Crippen molar-refractivity contribution in [3.8, 4) is 11.5 Å². The number of hydrogen-bond acceptors (Lipinski definition) is 4. The molecule has 0 radical (unpaired) electrons. The lowest BCUT2D eigenvalue weighted by atomic mass is 10.1. The monoisotopic (exact) mass is 398 g/mol. The van der Waals surface area contributed by atoms with Crippen molar-refractivity contribution >= 4 is 11.8 Å². The number of carbonyl (C=O) groups is 2. The molecule has 0 aliphatic rings. The van der Waals surface area contributed by atoms with Crippen molar-refractivity contribution in [2.75, 3.05) is 13.7 Å². The van der Waals surface area contributed by atoms with Gasteiger partial charge in [-0.1, -0.05) is 29.8 Å². The molecule has 29 heavy (non-hydrogen) atoms. The second-order valence-corrected chi connectivity index (χ2v) is 7.31. The average molecular weight is 399 g/mol. The van der Waals surface area contributed by atoms with Gasteiger partial charge in [0.05, 0.1) is 7.11 Å². The highest BCUT2D eigenvalue weighted by molar-refractivity contribution is 5.88. The van der Waals surface area contributed by atoms with Gasteiger partial charge in [0.25, 0.3) is 5.91 Å². The highest BCUT2D eigenvalue weighted by Gasteiger charge is 2.26. The summed E-state index contributed by atoms with van der Waals surface area (Å²) in [6.07, 6.45) is 0. The molecule has 2 aromatic carbocycles. The summed E-state index contributed by atoms with van der Waals surface area (Å²) in [5.74, 6) is 0.829. The van der Waals surface area contributed by atoms with Crippen molar-refractivity contribution < 1.29 is 19.1 Å². The molecule has 0 unspecified atom stereocenters. The van der Waals surface area contributed by atoms with Crippen LogP contribution in [0.3, 0.4) is 0 Å². The second kappa shape index (κ2) is 10.5. The number of carbonyl (C=O) groups excluding carboxylic acids is 2. The third-order valence-electron chi connectivity index (χ3n) is 4.49. The first-order valence-electron chi connectivity index (χ1n) is 9.72. The summed E-state index contributed by atoms with van der Waals surface area (Å²) in [5, 5.41) is 2.87. The summed E-state index contributed by atoms with van der Waals surface area (Å²) >= 11 is 0. The minimum atomic E-state index is -0.620. The Hall–Kier alpha value is -3.02. The maximum Gasteiger partial charge on any atom is 0.261 e. The van der Waals surface area contributed by atoms with Crippen LogP contribution in [0.15, 0.2) is 48.5 Å². The van der Waals surface area contributed by atoms with Crippen LogP contribution >= 0.6 is 0 Å². The molecule has 0 heterocycles. The molecule has 2 amide bonds. The zero-order valence-electron chi connectivity index (χ0n) is 17.8. The van der Waals surface area contributed by atoms with Gasteiger partial charge in [-0.3, -0.25) is 9.59 Å². The predicted molar refractivity (Wildman–Crippen MR) is 113 cm³/mol. The first kappa shape index (κ1) is 22.3. The van der Waals surface area contributed by atoms with E-state index >= 15 is 0 Å². The minimum Gasteiger partial charge on any atom is -0.497 e. The Morgan fingerprint density at radius 1 is 0.966 bits per heavy atom. The zero-order valence-corrected chi connectivity index (χ0v) is 17.8. The van der Waals surface area contributed by atoms with Crippen LogP contribution < -0.4 is 14.8 Å². The van der Waals surface area contributed by atoms with Crippen molar-refractivity contribution in [1.29, 1.82) is 0 Å². The Morgan fingerprint density at radius 2 is 1.55 bits per heavy atom. The fourth-order valence-corrected chi connectivity index (χ4v) is 2.78. The number of methoxy groups -OCH3 is 1. The average Bonchev–Trinajstić information content (AvgIpc) is 2.71. The lowest BCUT2D eigenvalue weighted by Crippen LogP contribution is -2.50. The predicted octanol–water partition coefficient (Wildman–Crippen LogP) is 3.32. The van der Waals surface area contributed by atoms with E-state index in [4.69, 9.17) is 9.47 Å². The van der Waals surface area contributed by atoms with E-state index in [1.54, 1.807) is 43.2 Å². The lowest BCUT2D eigenvalue weighted by Gasteiger charge is -2.29. The molecule has 0 saturated heterocycles. The Bertz CT molecular complexity index is 801. The third-order valence-corrected chi connectivity index (χ3v) is 4.49. The van der Waals surface area contributed by atoms with Crippen LogP contribution in [0.4, 0.5) is 0 Å². The fourth-order valence-electron chi connectivity index (χ4n) is 2.78. The van der Waals surface area contributed by atoms with Gasteiger partial charge in [-0.25, -0.2) is 0 Å². The molecule has 0 aromatic heterocycles. The molecular formula is C23H30N2O4. The molecule has 1 N–H and O–H groups in total. The number of nitrogens with one attached hydrogen (secondary N) is 1. The summed E-state index contributed by atoms with van der Waals surface area (Å²) in [5.41, 5.74) is 2.10. The molecule has 6 nitrogen and oxygen atoms in total. The van der Waals surface area contributed by atoms with E-state index in [9.17, 15) is 9.59 Å². The molecule has 0 bridgehead atoms. The smallest absolute Gasteiger partial charge is 0.261 e. The van der Waals surface area contributed by atoms with Crippen molar-refractivity contribution in [1.82, 2.24) is 10.2 Å². The van der Waals surface area contributed by atoms with Crippen LogP contribution in [0.1, 0.15) is 31.9 Å². The first-order chi connectivity index (χ1) is 13.8. The topological polar surface area (TPSA) is 67.9 Å². The van der Waals surface area contributed by atoms with Crippen molar-refractivity contribution in [3.63, 3.8) is 0 Å². The van der Waals surface area contributed by atoms with Crippen LogP contribution in [0.2, 0.25) is 0 Å². The van der Waals surface area contributed by atoms with Crippen LogP contribution in [0, 0.1) is 6.92 Å². The largest absolute Gasteiger partial charge is 0.497 e. The van der Waals surface area contributed by atoms with E-state index in [1.807, 2.05) is 45.0 Å². The lowest BCUT2D eigenvalue weighted by molar-refractivity contribution is -0.142. The number of ether oxygens (including phenoxy) is 2. The molecule has 0 saturated carbocycles. The highest BCUT2D eigenvalue weighted by Crippen LogP contribution is 2.18. The summed E-state index contributed by atoms with van der Waals surface area (Å²) in [7, 11) is 1.59. The number of nitrogens with zero attached hydrogens (tertiary/aromatic N) is 1. The van der Waals surface area contributed by atoms with E-state index in [0.29, 0.717) is 18.0 Å². The Balaban J connectivity index is 2.11. The Labute approximate surface area is 172 Å². The molecule has 156 valence electrons. The zero-order chi connectivity index (χ0) is 21.4. The normalized spacial score (nSPS) is 11.7. The molecule has 2 aromatic rings. The van der Waals surface area contributed by atoms with E-state index < -0.39 is 6.04 Å². The maximum atomic E-state index is 12.9. The van der Waals surface area contributed by atoms with Crippen molar-refractivity contribution in [3.05, 3.63) is 59.7 Å². The third kappa shape index (κ3) is 6.82. The van der Waals surface area contributed by atoms with Gasteiger partial charge >= 0.3 is 0 Å².